The van der Waals surface area contributed by atoms with Gasteiger partial charge in [-0.05, 0) is 11.5 Å². The van der Waals surface area contributed by atoms with Crippen molar-refractivity contribution in [1.29, 1.82) is 0 Å². The summed E-state index contributed by atoms with van der Waals surface area (Å²) in [5.41, 5.74) is 8.24. The van der Waals surface area contributed by atoms with E-state index < -0.39 is 0 Å². The molecular formula is C15H21N3S. The lowest BCUT2D eigenvalue weighted by Crippen LogP contribution is -2.16. The Bertz CT molecular complexity index is 519. The van der Waals surface area contributed by atoms with Gasteiger partial charge in [-0.25, -0.2) is 4.98 Å². The van der Waals surface area contributed by atoms with Gasteiger partial charge in [-0.2, -0.15) is 0 Å². The second-order valence-electron chi connectivity index (χ2n) is 5.01. The van der Waals surface area contributed by atoms with Crippen LogP contribution in [0.15, 0.2) is 30.3 Å². The Morgan fingerprint density at radius 3 is 2.47 bits per heavy atom. The molecule has 4 heteroatoms. The molecule has 1 aromatic carbocycles. The number of hydrogen-bond donors (Lipinski definition) is 1. The van der Waals surface area contributed by atoms with Gasteiger partial charge in [0, 0.05) is 25.0 Å². The third kappa shape index (κ3) is 3.33. The van der Waals surface area contributed by atoms with Crippen molar-refractivity contribution in [2.45, 2.75) is 32.9 Å². The summed E-state index contributed by atoms with van der Waals surface area (Å²) in [7, 11) is 2.08. The first kappa shape index (κ1) is 14.0. The van der Waals surface area contributed by atoms with Crippen LogP contribution >= 0.6 is 11.3 Å². The van der Waals surface area contributed by atoms with Gasteiger partial charge < -0.3 is 10.6 Å². The van der Waals surface area contributed by atoms with Gasteiger partial charge in [0.05, 0.1) is 5.69 Å². The van der Waals surface area contributed by atoms with Crippen LogP contribution in [0, 0.1) is 0 Å². The van der Waals surface area contributed by atoms with Crippen molar-refractivity contribution in [1.82, 2.24) is 4.98 Å². The molecule has 0 fully saturated rings. The van der Waals surface area contributed by atoms with E-state index >= 15 is 0 Å². The molecule has 0 aliphatic rings. The molecule has 2 N–H and O–H groups in total. The van der Waals surface area contributed by atoms with Gasteiger partial charge >= 0.3 is 0 Å². The molecule has 0 bridgehead atoms. The fourth-order valence-corrected chi connectivity index (χ4v) is 3.09. The highest BCUT2D eigenvalue weighted by Gasteiger charge is 2.15. The Morgan fingerprint density at radius 1 is 1.26 bits per heavy atom. The molecule has 3 nitrogen and oxygen atoms in total. The van der Waals surface area contributed by atoms with Gasteiger partial charge in [-0.3, -0.25) is 0 Å². The average Bonchev–Trinajstić information content (AvgIpc) is 2.84. The quantitative estimate of drug-likeness (QED) is 0.909. The smallest absolute Gasteiger partial charge is 0.185 e. The Balaban J connectivity index is 2.17. The van der Waals surface area contributed by atoms with E-state index in [1.54, 1.807) is 11.3 Å². The van der Waals surface area contributed by atoms with Crippen molar-refractivity contribution in [3.05, 3.63) is 46.5 Å². The topological polar surface area (TPSA) is 42.2 Å². The number of hydrogen-bond acceptors (Lipinski definition) is 4. The normalized spacial score (nSPS) is 11.0. The van der Waals surface area contributed by atoms with Crippen LogP contribution in [-0.2, 0) is 13.1 Å². The van der Waals surface area contributed by atoms with Crippen LogP contribution in [0.2, 0.25) is 0 Å². The average molecular weight is 275 g/mol. The van der Waals surface area contributed by atoms with Gasteiger partial charge in [0.1, 0.15) is 0 Å². The lowest BCUT2D eigenvalue weighted by molar-refractivity contribution is 0.805. The predicted molar refractivity (Wildman–Crippen MR) is 82.6 cm³/mol. The van der Waals surface area contributed by atoms with Crippen molar-refractivity contribution in [2.24, 2.45) is 5.73 Å². The Morgan fingerprint density at radius 2 is 1.95 bits per heavy atom. The van der Waals surface area contributed by atoms with E-state index in [1.807, 2.05) is 6.07 Å². The lowest BCUT2D eigenvalue weighted by atomic mass is 10.1. The van der Waals surface area contributed by atoms with E-state index in [2.05, 4.69) is 50.1 Å². The SMILES string of the molecule is CC(C)c1nc(N(C)Cc2ccccc2)sc1CN. The van der Waals surface area contributed by atoms with Crippen molar-refractivity contribution < 1.29 is 0 Å². The number of anilines is 1. The molecule has 2 aromatic rings. The molecule has 0 spiro atoms. The molecular weight excluding hydrogens is 254 g/mol. The van der Waals surface area contributed by atoms with E-state index in [-0.39, 0.29) is 0 Å². The largest absolute Gasteiger partial charge is 0.347 e. The molecule has 0 radical (unpaired) electrons. The maximum absolute atomic E-state index is 5.81. The molecule has 0 atom stereocenters. The minimum Gasteiger partial charge on any atom is -0.347 e. The maximum Gasteiger partial charge on any atom is 0.185 e. The number of aromatic nitrogens is 1. The van der Waals surface area contributed by atoms with Crippen LogP contribution < -0.4 is 10.6 Å². The van der Waals surface area contributed by atoms with E-state index in [1.165, 1.54) is 10.4 Å². The Hall–Kier alpha value is -1.39. The third-order valence-corrected chi connectivity index (χ3v) is 4.25. The molecule has 102 valence electrons. The van der Waals surface area contributed by atoms with Gasteiger partial charge in [0.15, 0.2) is 5.13 Å². The molecule has 0 saturated carbocycles. The summed E-state index contributed by atoms with van der Waals surface area (Å²) in [6.07, 6.45) is 0. The Kier molecular flexibility index (Phi) is 4.56. The van der Waals surface area contributed by atoms with Crippen LogP contribution in [0.1, 0.15) is 35.9 Å². The highest BCUT2D eigenvalue weighted by molar-refractivity contribution is 7.15. The van der Waals surface area contributed by atoms with Gasteiger partial charge in [-0.1, -0.05) is 44.2 Å². The number of benzene rings is 1. The minimum absolute atomic E-state index is 0.425. The van der Waals surface area contributed by atoms with Gasteiger partial charge in [0.25, 0.3) is 0 Å². The van der Waals surface area contributed by atoms with Crippen LogP contribution in [-0.4, -0.2) is 12.0 Å². The zero-order chi connectivity index (χ0) is 13.8. The lowest BCUT2D eigenvalue weighted by Gasteiger charge is -2.15. The predicted octanol–water partition coefficient (Wildman–Crippen LogP) is 3.36. The highest BCUT2D eigenvalue weighted by atomic mass is 32.1. The second-order valence-corrected chi connectivity index (χ2v) is 6.07. The molecule has 0 saturated heterocycles. The summed E-state index contributed by atoms with van der Waals surface area (Å²) >= 11 is 1.70. The van der Waals surface area contributed by atoms with Crippen molar-refractivity contribution in [3.63, 3.8) is 0 Å². The molecule has 1 heterocycles. The second kappa shape index (κ2) is 6.17. The van der Waals surface area contributed by atoms with E-state index in [4.69, 9.17) is 10.7 Å². The summed E-state index contributed by atoms with van der Waals surface area (Å²) in [5, 5.41) is 1.05. The summed E-state index contributed by atoms with van der Waals surface area (Å²) in [4.78, 5) is 8.13. The summed E-state index contributed by atoms with van der Waals surface area (Å²) in [5.74, 6) is 0.425. The van der Waals surface area contributed by atoms with Crippen LogP contribution in [0.5, 0.6) is 0 Å². The fraction of sp³-hybridized carbons (Fsp3) is 0.400. The number of thiazole rings is 1. The van der Waals surface area contributed by atoms with Gasteiger partial charge in [0.2, 0.25) is 0 Å². The summed E-state index contributed by atoms with van der Waals surface area (Å²) < 4.78 is 0. The van der Waals surface area contributed by atoms with E-state index in [9.17, 15) is 0 Å². The summed E-state index contributed by atoms with van der Waals surface area (Å²) in [6.45, 7) is 5.77. The maximum atomic E-state index is 5.81. The first-order chi connectivity index (χ1) is 9.11. The van der Waals surface area contributed by atoms with Crippen molar-refractivity contribution >= 4 is 16.5 Å². The van der Waals surface area contributed by atoms with Crippen LogP contribution in [0.3, 0.4) is 0 Å². The first-order valence-corrected chi connectivity index (χ1v) is 7.38. The molecule has 2 rings (SSSR count). The van der Waals surface area contributed by atoms with Gasteiger partial charge in [-0.15, -0.1) is 11.3 Å². The molecule has 0 aliphatic heterocycles. The third-order valence-electron chi connectivity index (χ3n) is 3.04. The molecule has 0 amide bonds. The first-order valence-electron chi connectivity index (χ1n) is 6.56. The monoisotopic (exact) mass is 275 g/mol. The summed E-state index contributed by atoms with van der Waals surface area (Å²) in [6, 6.07) is 10.4. The van der Waals surface area contributed by atoms with Crippen molar-refractivity contribution in [2.75, 3.05) is 11.9 Å². The van der Waals surface area contributed by atoms with Crippen molar-refractivity contribution in [3.8, 4) is 0 Å². The molecule has 0 aliphatic carbocycles. The Labute approximate surface area is 119 Å². The highest BCUT2D eigenvalue weighted by Crippen LogP contribution is 2.30. The minimum atomic E-state index is 0.425. The molecule has 0 unspecified atom stereocenters. The zero-order valence-electron chi connectivity index (χ0n) is 11.8. The van der Waals surface area contributed by atoms with Crippen LogP contribution in [0.25, 0.3) is 0 Å². The standard InChI is InChI=1S/C15H21N3S/c1-11(2)14-13(9-16)19-15(17-14)18(3)10-12-7-5-4-6-8-12/h4-8,11H,9-10,16H2,1-3H3. The molecule has 1 aromatic heterocycles. The number of nitrogens with two attached hydrogens (primary N) is 1. The van der Waals surface area contributed by atoms with E-state index in [0.717, 1.165) is 17.4 Å². The zero-order valence-corrected chi connectivity index (χ0v) is 12.6. The number of nitrogens with zero attached hydrogens (tertiary/aromatic N) is 2. The number of rotatable bonds is 5. The van der Waals surface area contributed by atoms with Crippen LogP contribution in [0.4, 0.5) is 5.13 Å². The van der Waals surface area contributed by atoms with E-state index in [0.29, 0.717) is 12.5 Å². The fourth-order valence-electron chi connectivity index (χ4n) is 2.04. The molecule has 19 heavy (non-hydrogen) atoms.